The van der Waals surface area contributed by atoms with Gasteiger partial charge in [0, 0.05) is 24.7 Å². The fourth-order valence-electron chi connectivity index (χ4n) is 3.08. The predicted molar refractivity (Wildman–Crippen MR) is 83.2 cm³/mol. The molecular formula is C17H25F2NO3. The number of aliphatic hydroxyl groups excluding tert-OH is 3. The average molecular weight is 329 g/mol. The predicted octanol–water partition coefficient (Wildman–Crippen LogP) is 1.42. The summed E-state index contributed by atoms with van der Waals surface area (Å²) < 4.78 is 28.4. The van der Waals surface area contributed by atoms with E-state index < -0.39 is 36.0 Å². The van der Waals surface area contributed by atoms with Gasteiger partial charge >= 0.3 is 0 Å². The summed E-state index contributed by atoms with van der Waals surface area (Å²) in [7, 11) is 0. The Morgan fingerprint density at radius 3 is 2.43 bits per heavy atom. The van der Waals surface area contributed by atoms with Crippen LogP contribution in [0.15, 0.2) is 12.1 Å². The van der Waals surface area contributed by atoms with Crippen LogP contribution in [0.25, 0.3) is 0 Å². The van der Waals surface area contributed by atoms with E-state index in [4.69, 9.17) is 0 Å². The molecule has 0 radical (unpaired) electrons. The molecule has 0 amide bonds. The Kier molecular flexibility index (Phi) is 5.73. The van der Waals surface area contributed by atoms with Crippen LogP contribution in [-0.4, -0.2) is 57.7 Å². The minimum absolute atomic E-state index is 0.0264. The van der Waals surface area contributed by atoms with Crippen molar-refractivity contribution >= 4 is 0 Å². The third-order valence-electron chi connectivity index (χ3n) is 4.72. The van der Waals surface area contributed by atoms with Gasteiger partial charge in [0.15, 0.2) is 0 Å². The molecule has 3 N–H and O–H groups in total. The van der Waals surface area contributed by atoms with Crippen LogP contribution < -0.4 is 0 Å². The molecule has 2 rings (SSSR count). The van der Waals surface area contributed by atoms with Crippen LogP contribution in [-0.2, 0) is 6.42 Å². The summed E-state index contributed by atoms with van der Waals surface area (Å²) in [6, 6.07) is 2.35. The van der Waals surface area contributed by atoms with Gasteiger partial charge in [-0.15, -0.1) is 0 Å². The monoisotopic (exact) mass is 329 g/mol. The molecule has 1 aromatic carbocycles. The number of nitrogens with zero attached hydrogens (tertiary/aromatic N) is 1. The Bertz CT molecular complexity index is 553. The molecule has 1 aliphatic heterocycles. The van der Waals surface area contributed by atoms with Crippen LogP contribution in [0.5, 0.6) is 0 Å². The van der Waals surface area contributed by atoms with Gasteiger partial charge < -0.3 is 15.3 Å². The molecule has 0 saturated carbocycles. The molecule has 1 saturated heterocycles. The van der Waals surface area contributed by atoms with Crippen molar-refractivity contribution in [3.63, 3.8) is 0 Å². The second-order valence-corrected chi connectivity index (χ2v) is 6.62. The third kappa shape index (κ3) is 3.71. The number of aliphatic hydroxyl groups is 3. The Balaban J connectivity index is 2.13. The number of likely N-dealkylation sites (tertiary alicyclic amines) is 1. The number of halogens is 2. The van der Waals surface area contributed by atoms with E-state index in [1.54, 1.807) is 11.8 Å². The highest BCUT2D eigenvalue weighted by Crippen LogP contribution is 2.25. The first-order valence-electron chi connectivity index (χ1n) is 7.99. The van der Waals surface area contributed by atoms with Crippen LogP contribution in [0.2, 0.25) is 0 Å². The molecule has 0 aromatic heterocycles. The summed E-state index contributed by atoms with van der Waals surface area (Å²) in [5.74, 6) is -1.15. The van der Waals surface area contributed by atoms with E-state index in [9.17, 15) is 24.1 Å². The van der Waals surface area contributed by atoms with E-state index in [1.807, 2.05) is 13.8 Å². The van der Waals surface area contributed by atoms with E-state index in [0.29, 0.717) is 5.56 Å². The van der Waals surface area contributed by atoms with Crippen molar-refractivity contribution in [3.8, 4) is 0 Å². The van der Waals surface area contributed by atoms with Crippen molar-refractivity contribution in [2.45, 2.75) is 57.5 Å². The van der Waals surface area contributed by atoms with E-state index >= 15 is 0 Å². The number of β-amino-alcohol motifs (C(OH)–C–C–N with tert-alkyl or cyclic N) is 1. The number of hydrogen-bond acceptors (Lipinski definition) is 4. The summed E-state index contributed by atoms with van der Waals surface area (Å²) in [4.78, 5) is 1.74. The van der Waals surface area contributed by atoms with Crippen LogP contribution in [0.4, 0.5) is 8.78 Å². The molecule has 23 heavy (non-hydrogen) atoms. The number of hydrogen-bond donors (Lipinski definition) is 3. The lowest BCUT2D eigenvalue weighted by atomic mass is 9.94. The maximum atomic E-state index is 14.5. The zero-order chi connectivity index (χ0) is 17.3. The highest BCUT2D eigenvalue weighted by Gasteiger charge is 2.38. The maximum absolute atomic E-state index is 14.5. The second kappa shape index (κ2) is 7.21. The van der Waals surface area contributed by atoms with Gasteiger partial charge in [-0.1, -0.05) is 19.9 Å². The van der Waals surface area contributed by atoms with Crippen LogP contribution in [0, 0.1) is 11.6 Å². The molecule has 4 atom stereocenters. The van der Waals surface area contributed by atoms with Crippen molar-refractivity contribution in [2.24, 2.45) is 0 Å². The minimum atomic E-state index is -1.20. The van der Waals surface area contributed by atoms with Gasteiger partial charge in [0.05, 0.1) is 12.2 Å². The zero-order valence-corrected chi connectivity index (χ0v) is 13.7. The molecule has 6 heteroatoms. The van der Waals surface area contributed by atoms with E-state index in [-0.39, 0.29) is 31.0 Å². The highest BCUT2D eigenvalue weighted by atomic mass is 19.1. The summed E-state index contributed by atoms with van der Waals surface area (Å²) in [6.07, 6.45) is -3.22. The molecule has 1 unspecified atom stereocenters. The highest BCUT2D eigenvalue weighted by molar-refractivity contribution is 5.30. The summed E-state index contributed by atoms with van der Waals surface area (Å²) in [5.41, 5.74) is 0.502. The Morgan fingerprint density at radius 2 is 1.83 bits per heavy atom. The van der Waals surface area contributed by atoms with Gasteiger partial charge in [0.2, 0.25) is 0 Å². The minimum Gasteiger partial charge on any atom is -0.389 e. The SMILES string of the molecule is CC(C)c1ccc(F)c(CCN2C[C@H](O)[C@@H](O)[C@H](O)C2C)c1F. The summed E-state index contributed by atoms with van der Waals surface area (Å²) in [5, 5.41) is 29.3. The molecule has 0 aliphatic carbocycles. The fourth-order valence-corrected chi connectivity index (χ4v) is 3.08. The van der Waals surface area contributed by atoms with Crippen LogP contribution in [0.3, 0.4) is 0 Å². The topological polar surface area (TPSA) is 63.9 Å². The molecule has 4 nitrogen and oxygen atoms in total. The van der Waals surface area contributed by atoms with Crippen LogP contribution in [0.1, 0.15) is 37.8 Å². The average Bonchev–Trinajstić information content (AvgIpc) is 2.49. The molecule has 0 spiro atoms. The van der Waals surface area contributed by atoms with Crippen molar-refractivity contribution in [1.29, 1.82) is 0 Å². The van der Waals surface area contributed by atoms with E-state index in [2.05, 4.69) is 0 Å². The van der Waals surface area contributed by atoms with Crippen molar-refractivity contribution in [2.75, 3.05) is 13.1 Å². The first kappa shape index (κ1) is 18.3. The number of benzene rings is 1. The molecule has 1 aliphatic rings. The van der Waals surface area contributed by atoms with Gasteiger partial charge in [-0.2, -0.15) is 0 Å². The molecule has 1 aromatic rings. The van der Waals surface area contributed by atoms with Crippen molar-refractivity contribution in [3.05, 3.63) is 34.9 Å². The third-order valence-corrected chi connectivity index (χ3v) is 4.72. The Labute approximate surface area is 135 Å². The van der Waals surface area contributed by atoms with Crippen LogP contribution >= 0.6 is 0 Å². The van der Waals surface area contributed by atoms with Gasteiger partial charge in [-0.3, -0.25) is 4.90 Å². The smallest absolute Gasteiger partial charge is 0.132 e. The zero-order valence-electron chi connectivity index (χ0n) is 13.7. The number of piperidine rings is 1. The lowest BCUT2D eigenvalue weighted by Gasteiger charge is -2.42. The van der Waals surface area contributed by atoms with Gasteiger partial charge in [0.1, 0.15) is 17.7 Å². The lowest BCUT2D eigenvalue weighted by Crippen LogP contribution is -2.60. The fraction of sp³-hybridized carbons (Fsp3) is 0.647. The molecule has 1 heterocycles. The van der Waals surface area contributed by atoms with E-state index in [0.717, 1.165) is 0 Å². The lowest BCUT2D eigenvalue weighted by molar-refractivity contribution is -0.132. The Morgan fingerprint density at radius 1 is 1.17 bits per heavy atom. The number of rotatable bonds is 4. The quantitative estimate of drug-likeness (QED) is 0.782. The van der Waals surface area contributed by atoms with Crippen molar-refractivity contribution in [1.82, 2.24) is 4.90 Å². The summed E-state index contributed by atoms with van der Waals surface area (Å²) in [6.45, 7) is 5.86. The largest absolute Gasteiger partial charge is 0.389 e. The first-order chi connectivity index (χ1) is 10.7. The molecule has 1 fully saturated rings. The van der Waals surface area contributed by atoms with Crippen molar-refractivity contribution < 1.29 is 24.1 Å². The standard InChI is InChI=1S/C17H25F2NO3/c1-9(2)11-4-5-13(18)12(15(11)19)6-7-20-8-14(21)17(23)16(22)10(20)3/h4-5,9-10,14,16-17,21-23H,6-8H2,1-3H3/t10?,14-,16+,17+/m0/s1. The maximum Gasteiger partial charge on any atom is 0.132 e. The molecular weight excluding hydrogens is 304 g/mol. The Hall–Kier alpha value is -1.08. The van der Waals surface area contributed by atoms with Gasteiger partial charge in [-0.05, 0) is 30.9 Å². The van der Waals surface area contributed by atoms with Gasteiger partial charge in [0.25, 0.3) is 0 Å². The summed E-state index contributed by atoms with van der Waals surface area (Å²) >= 11 is 0. The molecule has 0 bridgehead atoms. The van der Waals surface area contributed by atoms with Gasteiger partial charge in [-0.25, -0.2) is 8.78 Å². The van der Waals surface area contributed by atoms with E-state index in [1.165, 1.54) is 12.1 Å². The second-order valence-electron chi connectivity index (χ2n) is 6.62. The molecule has 130 valence electrons. The normalized spacial score (nSPS) is 29.3. The first-order valence-corrected chi connectivity index (χ1v) is 7.99.